The zero-order valence-electron chi connectivity index (χ0n) is 13.6. The maximum atomic E-state index is 12.3. The van der Waals surface area contributed by atoms with Gasteiger partial charge in [0.1, 0.15) is 5.82 Å². The van der Waals surface area contributed by atoms with Crippen LogP contribution in [0.2, 0.25) is 0 Å². The lowest BCUT2D eigenvalue weighted by molar-refractivity contribution is 0.193. The number of hydrogen-bond acceptors (Lipinski definition) is 6. The van der Waals surface area contributed by atoms with Crippen molar-refractivity contribution in [2.24, 2.45) is 0 Å². The first-order valence-electron chi connectivity index (χ1n) is 7.79. The van der Waals surface area contributed by atoms with Gasteiger partial charge in [0.05, 0.1) is 13.3 Å². The molecule has 0 unspecified atom stereocenters. The second-order valence-electron chi connectivity index (χ2n) is 5.37. The van der Waals surface area contributed by atoms with Crippen molar-refractivity contribution < 1.29 is 9.53 Å². The van der Waals surface area contributed by atoms with E-state index < -0.39 is 0 Å². The van der Waals surface area contributed by atoms with Gasteiger partial charge in [-0.2, -0.15) is 0 Å². The number of nitrogens with one attached hydrogen (secondary N) is 1. The molecule has 24 heavy (non-hydrogen) atoms. The van der Waals surface area contributed by atoms with E-state index in [4.69, 9.17) is 4.74 Å². The number of piperazine rings is 1. The molecule has 3 heterocycles. The van der Waals surface area contributed by atoms with E-state index in [1.54, 1.807) is 36.8 Å². The van der Waals surface area contributed by atoms with Gasteiger partial charge in [0, 0.05) is 56.9 Å². The van der Waals surface area contributed by atoms with Crippen LogP contribution in [0.5, 0.6) is 5.88 Å². The van der Waals surface area contributed by atoms with Gasteiger partial charge in [-0.3, -0.25) is 4.98 Å². The first kappa shape index (κ1) is 16.0. The Labute approximate surface area is 140 Å². The Balaban J connectivity index is 1.50. The van der Waals surface area contributed by atoms with E-state index in [2.05, 4.69) is 25.2 Å². The molecule has 1 aliphatic rings. The number of rotatable bonds is 4. The van der Waals surface area contributed by atoms with Gasteiger partial charge in [-0.05, 0) is 6.07 Å². The Hall–Kier alpha value is -2.90. The molecule has 1 aliphatic heterocycles. The summed E-state index contributed by atoms with van der Waals surface area (Å²) in [5, 5.41) is 2.92. The van der Waals surface area contributed by atoms with E-state index in [-0.39, 0.29) is 6.03 Å². The van der Waals surface area contributed by atoms with Crippen LogP contribution < -0.4 is 15.0 Å². The van der Waals surface area contributed by atoms with E-state index >= 15 is 0 Å². The van der Waals surface area contributed by atoms with Crippen molar-refractivity contribution >= 4 is 11.8 Å². The molecular formula is C16H20N6O2. The van der Waals surface area contributed by atoms with Crippen LogP contribution in [0.15, 0.2) is 36.9 Å². The third-order valence-electron chi connectivity index (χ3n) is 3.91. The summed E-state index contributed by atoms with van der Waals surface area (Å²) in [7, 11) is 1.57. The Bertz CT molecular complexity index is 673. The molecule has 8 heteroatoms. The van der Waals surface area contributed by atoms with Crippen LogP contribution in [0.3, 0.4) is 0 Å². The van der Waals surface area contributed by atoms with Gasteiger partial charge in [0.15, 0.2) is 0 Å². The maximum absolute atomic E-state index is 12.3. The van der Waals surface area contributed by atoms with E-state index in [0.29, 0.717) is 25.5 Å². The third-order valence-corrected chi connectivity index (χ3v) is 3.91. The zero-order valence-corrected chi connectivity index (χ0v) is 13.6. The van der Waals surface area contributed by atoms with Crippen LogP contribution in [-0.2, 0) is 6.54 Å². The quantitative estimate of drug-likeness (QED) is 0.898. The highest BCUT2D eigenvalue weighted by Gasteiger charge is 2.21. The number of hydrogen-bond donors (Lipinski definition) is 1. The van der Waals surface area contributed by atoms with Crippen molar-refractivity contribution in [2.45, 2.75) is 6.54 Å². The third kappa shape index (κ3) is 3.70. The highest BCUT2D eigenvalue weighted by molar-refractivity contribution is 5.74. The largest absolute Gasteiger partial charge is 0.481 e. The van der Waals surface area contributed by atoms with Crippen molar-refractivity contribution in [1.29, 1.82) is 0 Å². The maximum Gasteiger partial charge on any atom is 0.317 e. The van der Waals surface area contributed by atoms with Crippen molar-refractivity contribution in [3.05, 3.63) is 42.5 Å². The first-order chi connectivity index (χ1) is 11.8. The molecule has 0 bridgehead atoms. The Morgan fingerprint density at radius 1 is 1.21 bits per heavy atom. The van der Waals surface area contributed by atoms with Gasteiger partial charge >= 0.3 is 6.03 Å². The second-order valence-corrected chi connectivity index (χ2v) is 5.37. The summed E-state index contributed by atoms with van der Waals surface area (Å²) < 4.78 is 5.19. The van der Waals surface area contributed by atoms with Crippen molar-refractivity contribution in [1.82, 2.24) is 25.2 Å². The van der Waals surface area contributed by atoms with Gasteiger partial charge in [-0.25, -0.2) is 14.8 Å². The van der Waals surface area contributed by atoms with Gasteiger partial charge < -0.3 is 19.9 Å². The number of aromatic nitrogens is 3. The predicted molar refractivity (Wildman–Crippen MR) is 88.8 cm³/mol. The Morgan fingerprint density at radius 2 is 2.04 bits per heavy atom. The molecule has 0 aromatic carbocycles. The number of nitrogens with zero attached hydrogens (tertiary/aromatic N) is 5. The molecule has 2 amide bonds. The average molecular weight is 328 g/mol. The molecule has 1 saturated heterocycles. The fraction of sp³-hybridized carbons (Fsp3) is 0.375. The summed E-state index contributed by atoms with van der Waals surface area (Å²) in [6.07, 6.45) is 6.73. The SMILES string of the molecule is COc1ncccc1CNC(=O)N1CCN(c2cnccn2)CC1. The van der Waals surface area contributed by atoms with E-state index in [0.717, 1.165) is 24.5 Å². The Kier molecular flexibility index (Phi) is 5.05. The summed E-state index contributed by atoms with van der Waals surface area (Å²) in [5.41, 5.74) is 0.853. The van der Waals surface area contributed by atoms with Crippen LogP contribution in [0.25, 0.3) is 0 Å². The van der Waals surface area contributed by atoms with Crippen LogP contribution in [0, 0.1) is 0 Å². The molecular weight excluding hydrogens is 308 g/mol. The number of anilines is 1. The Morgan fingerprint density at radius 3 is 2.75 bits per heavy atom. The first-order valence-corrected chi connectivity index (χ1v) is 7.79. The molecule has 126 valence electrons. The van der Waals surface area contributed by atoms with Gasteiger partial charge in [0.25, 0.3) is 0 Å². The average Bonchev–Trinajstić information content (AvgIpc) is 2.67. The number of ether oxygens (including phenoxy) is 1. The number of pyridine rings is 1. The molecule has 0 radical (unpaired) electrons. The summed E-state index contributed by atoms with van der Waals surface area (Å²) in [4.78, 5) is 28.7. The van der Waals surface area contributed by atoms with Crippen molar-refractivity contribution in [3.63, 3.8) is 0 Å². The molecule has 2 aromatic heterocycles. The highest BCUT2D eigenvalue weighted by Crippen LogP contribution is 2.14. The molecule has 0 spiro atoms. The normalized spacial score (nSPS) is 14.4. The highest BCUT2D eigenvalue weighted by atomic mass is 16.5. The minimum Gasteiger partial charge on any atom is -0.481 e. The number of urea groups is 1. The lowest BCUT2D eigenvalue weighted by Crippen LogP contribution is -2.51. The standard InChI is InChI=1S/C16H20N6O2/c1-24-15-13(3-2-4-19-15)11-20-16(23)22-9-7-21(8-10-22)14-12-17-5-6-18-14/h2-6,12H,7-11H2,1H3,(H,20,23). The lowest BCUT2D eigenvalue weighted by Gasteiger charge is -2.35. The van der Waals surface area contributed by atoms with Gasteiger partial charge in [0.2, 0.25) is 5.88 Å². The van der Waals surface area contributed by atoms with Crippen LogP contribution >= 0.6 is 0 Å². The molecule has 0 aliphatic carbocycles. The molecule has 0 atom stereocenters. The van der Waals surface area contributed by atoms with Crippen LogP contribution in [0.1, 0.15) is 5.56 Å². The number of carbonyl (C=O) groups is 1. The van der Waals surface area contributed by atoms with Gasteiger partial charge in [-0.15, -0.1) is 0 Å². The minimum absolute atomic E-state index is 0.0836. The smallest absolute Gasteiger partial charge is 0.317 e. The summed E-state index contributed by atoms with van der Waals surface area (Å²) in [6.45, 7) is 3.16. The predicted octanol–water partition coefficient (Wildman–Crippen LogP) is 0.912. The van der Waals surface area contributed by atoms with Crippen LogP contribution in [-0.4, -0.2) is 59.2 Å². The fourth-order valence-electron chi connectivity index (χ4n) is 2.62. The zero-order chi connectivity index (χ0) is 16.8. The molecule has 2 aromatic rings. The number of amides is 2. The van der Waals surface area contributed by atoms with E-state index in [1.165, 1.54) is 0 Å². The van der Waals surface area contributed by atoms with Crippen molar-refractivity contribution in [2.75, 3.05) is 38.2 Å². The topological polar surface area (TPSA) is 83.5 Å². The van der Waals surface area contributed by atoms with Crippen molar-refractivity contribution in [3.8, 4) is 5.88 Å². The summed E-state index contributed by atoms with van der Waals surface area (Å²) in [6, 6.07) is 3.63. The number of methoxy groups -OCH3 is 1. The number of carbonyl (C=O) groups excluding carboxylic acids is 1. The van der Waals surface area contributed by atoms with Gasteiger partial charge in [-0.1, -0.05) is 6.07 Å². The molecule has 1 N–H and O–H groups in total. The molecule has 3 rings (SSSR count). The minimum atomic E-state index is -0.0836. The second kappa shape index (κ2) is 7.58. The van der Waals surface area contributed by atoms with E-state index in [1.807, 2.05) is 12.1 Å². The summed E-state index contributed by atoms with van der Waals surface area (Å²) >= 11 is 0. The fourth-order valence-corrected chi connectivity index (χ4v) is 2.62. The molecule has 0 saturated carbocycles. The molecule has 1 fully saturated rings. The lowest BCUT2D eigenvalue weighted by atomic mass is 10.2. The monoisotopic (exact) mass is 328 g/mol. The van der Waals surface area contributed by atoms with Crippen LogP contribution in [0.4, 0.5) is 10.6 Å². The summed E-state index contributed by atoms with van der Waals surface area (Å²) in [5.74, 6) is 1.38. The van der Waals surface area contributed by atoms with E-state index in [9.17, 15) is 4.79 Å². The molecule has 8 nitrogen and oxygen atoms in total.